The van der Waals surface area contributed by atoms with Crippen LogP contribution < -0.4 is 15.0 Å². The maximum absolute atomic E-state index is 13.1. The van der Waals surface area contributed by atoms with E-state index in [1.165, 1.54) is 54.5 Å². The molecule has 4 atom stereocenters. The number of carbonyl (C=O) groups is 4. The number of benzene rings is 2. The molecule has 2 aromatic rings. The number of ether oxygens (including phenoxy) is 2. The third kappa shape index (κ3) is 4.11. The number of hydrogen-bond donors (Lipinski definition) is 1. The lowest BCUT2D eigenvalue weighted by molar-refractivity contribution is -0.383. The van der Waals surface area contributed by atoms with E-state index in [1.807, 2.05) is 6.92 Å². The molecule has 37 heavy (non-hydrogen) atoms. The number of amides is 3. The van der Waals surface area contributed by atoms with E-state index < -0.39 is 23.4 Å². The van der Waals surface area contributed by atoms with Gasteiger partial charge in [0, 0.05) is 12.1 Å². The van der Waals surface area contributed by atoms with Gasteiger partial charge < -0.3 is 14.8 Å². The van der Waals surface area contributed by atoms with Gasteiger partial charge >= 0.3 is 5.97 Å². The van der Waals surface area contributed by atoms with Crippen molar-refractivity contribution in [3.05, 3.63) is 69.8 Å². The van der Waals surface area contributed by atoms with Crippen LogP contribution in [0, 0.1) is 33.8 Å². The third-order valence-corrected chi connectivity index (χ3v) is 7.25. The fraction of sp³-hybridized carbons (Fsp3) is 0.308. The molecule has 11 heteroatoms. The number of hydrogen-bond acceptors (Lipinski definition) is 8. The van der Waals surface area contributed by atoms with E-state index >= 15 is 0 Å². The Morgan fingerprint density at radius 2 is 1.81 bits per heavy atom. The summed E-state index contributed by atoms with van der Waals surface area (Å²) in [4.78, 5) is 62.6. The molecule has 1 saturated heterocycles. The zero-order chi connectivity index (χ0) is 26.4. The van der Waals surface area contributed by atoms with Crippen LogP contribution in [0.25, 0.3) is 0 Å². The zero-order valence-electron chi connectivity index (χ0n) is 20.0. The van der Waals surface area contributed by atoms with Crippen LogP contribution in [-0.4, -0.2) is 42.3 Å². The molecule has 0 aromatic heterocycles. The van der Waals surface area contributed by atoms with Crippen molar-refractivity contribution in [2.45, 2.75) is 13.3 Å². The normalized spacial score (nSPS) is 23.5. The van der Waals surface area contributed by atoms with E-state index in [4.69, 9.17) is 9.47 Å². The molecule has 2 aromatic carbocycles. The highest BCUT2D eigenvalue weighted by atomic mass is 16.6. The number of nitro benzene ring substituents is 1. The second kappa shape index (κ2) is 9.16. The average molecular weight is 505 g/mol. The molecule has 190 valence electrons. The van der Waals surface area contributed by atoms with Gasteiger partial charge in [0.15, 0.2) is 6.61 Å². The first kappa shape index (κ1) is 24.2. The van der Waals surface area contributed by atoms with Crippen molar-refractivity contribution in [3.8, 4) is 5.75 Å². The van der Waals surface area contributed by atoms with Crippen molar-refractivity contribution >= 4 is 40.8 Å². The Kier molecular flexibility index (Phi) is 5.98. The highest BCUT2D eigenvalue weighted by Gasteiger charge is 2.60. The Morgan fingerprint density at radius 1 is 1.11 bits per heavy atom. The zero-order valence-corrected chi connectivity index (χ0v) is 20.0. The van der Waals surface area contributed by atoms with Crippen LogP contribution in [0.3, 0.4) is 0 Å². The molecule has 1 aliphatic heterocycles. The van der Waals surface area contributed by atoms with Gasteiger partial charge in [0.1, 0.15) is 11.4 Å². The quantitative estimate of drug-likeness (QED) is 0.199. The Hall–Kier alpha value is -4.54. The molecule has 1 heterocycles. The minimum atomic E-state index is -0.810. The number of esters is 1. The Balaban J connectivity index is 1.21. The number of anilines is 2. The smallest absolute Gasteiger partial charge is 0.338 e. The molecule has 5 rings (SSSR count). The van der Waals surface area contributed by atoms with Gasteiger partial charge in [-0.1, -0.05) is 11.6 Å². The first-order valence-corrected chi connectivity index (χ1v) is 11.6. The van der Waals surface area contributed by atoms with E-state index in [9.17, 15) is 29.3 Å². The number of nitro groups is 1. The molecule has 0 unspecified atom stereocenters. The van der Waals surface area contributed by atoms with Crippen molar-refractivity contribution in [3.63, 3.8) is 0 Å². The third-order valence-electron chi connectivity index (χ3n) is 7.25. The molecule has 11 nitrogen and oxygen atoms in total. The first-order valence-electron chi connectivity index (χ1n) is 11.6. The van der Waals surface area contributed by atoms with Gasteiger partial charge in [-0.25, -0.2) is 4.79 Å². The summed E-state index contributed by atoms with van der Waals surface area (Å²) in [6.07, 6.45) is 2.94. The second-order valence-corrected chi connectivity index (χ2v) is 9.29. The minimum Gasteiger partial charge on any atom is -0.497 e. The molecule has 1 N–H and O–H groups in total. The number of allylic oxidation sites excluding steroid dienone is 2. The van der Waals surface area contributed by atoms with Gasteiger partial charge in [-0.05, 0) is 55.5 Å². The van der Waals surface area contributed by atoms with Crippen molar-refractivity contribution in [1.29, 1.82) is 0 Å². The summed E-state index contributed by atoms with van der Waals surface area (Å²) >= 11 is 0. The van der Waals surface area contributed by atoms with E-state index in [2.05, 4.69) is 11.4 Å². The molecule has 2 aliphatic carbocycles. The number of imide groups is 1. The SMILES string of the molecule is COc1ccc([N+](=O)[O-])c(NC(=O)COC(=O)c2ccc(N3C(=O)[C@@H]4[C@H](C3=O)[C@@H]3C[C@@H]4C=C3C)cc2)c1. The number of carbonyl (C=O) groups excluding carboxylic acids is 4. The van der Waals surface area contributed by atoms with E-state index in [0.717, 1.165) is 12.0 Å². The van der Waals surface area contributed by atoms with Crippen LogP contribution in [0.1, 0.15) is 23.7 Å². The molecular weight excluding hydrogens is 482 g/mol. The average Bonchev–Trinajstić information content (AvgIpc) is 3.52. The van der Waals surface area contributed by atoms with E-state index in [0.29, 0.717) is 11.4 Å². The highest BCUT2D eigenvalue weighted by Crippen LogP contribution is 2.55. The molecular formula is C26H23N3O8. The molecule has 2 bridgehead atoms. The number of methoxy groups -OCH3 is 1. The Morgan fingerprint density at radius 3 is 2.49 bits per heavy atom. The van der Waals surface area contributed by atoms with Gasteiger partial charge in [0.2, 0.25) is 11.8 Å². The highest BCUT2D eigenvalue weighted by molar-refractivity contribution is 6.23. The number of fused-ring (bicyclic) bond motifs is 5. The lowest BCUT2D eigenvalue weighted by Gasteiger charge is -2.19. The van der Waals surface area contributed by atoms with Crippen LogP contribution in [0.4, 0.5) is 17.1 Å². The van der Waals surface area contributed by atoms with Gasteiger partial charge in [-0.15, -0.1) is 0 Å². The van der Waals surface area contributed by atoms with Crippen molar-refractivity contribution in [2.24, 2.45) is 23.7 Å². The topological polar surface area (TPSA) is 145 Å². The van der Waals surface area contributed by atoms with Crippen molar-refractivity contribution < 1.29 is 33.6 Å². The summed E-state index contributed by atoms with van der Waals surface area (Å²) in [6, 6.07) is 9.67. The van der Waals surface area contributed by atoms with E-state index in [1.54, 1.807) is 0 Å². The van der Waals surface area contributed by atoms with Crippen LogP contribution in [0.2, 0.25) is 0 Å². The number of rotatable bonds is 7. The summed E-state index contributed by atoms with van der Waals surface area (Å²) in [5.41, 5.74) is 1.21. The van der Waals surface area contributed by atoms with Gasteiger partial charge in [-0.3, -0.25) is 29.4 Å². The summed E-state index contributed by atoms with van der Waals surface area (Å²) < 4.78 is 10.0. The molecule has 2 fully saturated rings. The van der Waals surface area contributed by atoms with Gasteiger partial charge in [-0.2, -0.15) is 0 Å². The molecule has 1 saturated carbocycles. The predicted molar refractivity (Wildman–Crippen MR) is 130 cm³/mol. The molecule has 3 amide bonds. The first-order chi connectivity index (χ1) is 17.7. The van der Waals surface area contributed by atoms with Gasteiger partial charge in [0.05, 0.1) is 35.1 Å². The number of nitrogens with zero attached hydrogens (tertiary/aromatic N) is 2. The Labute approximate surface area is 211 Å². The summed E-state index contributed by atoms with van der Waals surface area (Å²) in [5, 5.41) is 13.5. The summed E-state index contributed by atoms with van der Waals surface area (Å²) in [6.45, 7) is 1.32. The fourth-order valence-electron chi connectivity index (χ4n) is 5.58. The Bertz CT molecular complexity index is 1370. The minimum absolute atomic E-state index is 0.0928. The van der Waals surface area contributed by atoms with E-state index in [-0.39, 0.29) is 52.4 Å². The largest absolute Gasteiger partial charge is 0.497 e. The van der Waals surface area contributed by atoms with Gasteiger partial charge in [0.25, 0.3) is 11.6 Å². The monoisotopic (exact) mass is 505 g/mol. The maximum Gasteiger partial charge on any atom is 0.338 e. The summed E-state index contributed by atoms with van der Waals surface area (Å²) in [7, 11) is 1.38. The van der Waals surface area contributed by atoms with Crippen LogP contribution in [-0.2, 0) is 19.1 Å². The summed E-state index contributed by atoms with van der Waals surface area (Å²) in [5.74, 6) is -2.18. The van der Waals surface area contributed by atoms with Crippen molar-refractivity contribution in [2.75, 3.05) is 23.9 Å². The van der Waals surface area contributed by atoms with Crippen LogP contribution >= 0.6 is 0 Å². The van der Waals surface area contributed by atoms with Crippen molar-refractivity contribution in [1.82, 2.24) is 0 Å². The fourth-order valence-corrected chi connectivity index (χ4v) is 5.58. The molecule has 0 radical (unpaired) electrons. The standard InChI is InChI=1S/C26H23N3O8/c1-13-9-15-10-18(13)23-22(15)24(31)28(25(23)32)16-5-3-14(4-6-16)26(33)37-12-21(30)27-19-11-17(36-2)7-8-20(19)29(34)35/h3-9,11,15,18,22-23H,10,12H2,1-2H3,(H,27,30)/t15-,18+,22-,23+/m0/s1. The number of nitrogens with one attached hydrogen (secondary N) is 1. The maximum atomic E-state index is 13.1. The lowest BCUT2D eigenvalue weighted by atomic mass is 9.82. The molecule has 0 spiro atoms. The molecule has 3 aliphatic rings. The van der Waals surface area contributed by atoms with Crippen LogP contribution in [0.15, 0.2) is 54.1 Å². The lowest BCUT2D eigenvalue weighted by Crippen LogP contribution is -2.33. The second-order valence-electron chi connectivity index (χ2n) is 9.29. The predicted octanol–water partition coefficient (Wildman–Crippen LogP) is 3.10. The van der Waals surface area contributed by atoms with Crippen LogP contribution in [0.5, 0.6) is 5.75 Å².